The number of ether oxygens (including phenoxy) is 2. The maximum Gasteiger partial charge on any atom is 0.410 e. The normalized spacial score (nSPS) is 22.6. The minimum Gasteiger partial charge on any atom is -0.448 e. The summed E-state index contributed by atoms with van der Waals surface area (Å²) in [6.45, 7) is 2.67. The molecule has 2 fully saturated rings. The van der Waals surface area contributed by atoms with Gasteiger partial charge in [-0.1, -0.05) is 60.7 Å². The summed E-state index contributed by atoms with van der Waals surface area (Å²) >= 11 is 0. The summed E-state index contributed by atoms with van der Waals surface area (Å²) in [6, 6.07) is 20.7. The van der Waals surface area contributed by atoms with E-state index in [-0.39, 0.29) is 48.2 Å². The predicted molar refractivity (Wildman–Crippen MR) is 133 cm³/mol. The molecule has 2 bridgehead atoms. The Balaban J connectivity index is 1.16. The lowest BCUT2D eigenvalue weighted by molar-refractivity contribution is -0.0747. The molecule has 6 rings (SSSR count). The maximum absolute atomic E-state index is 14.1. The van der Waals surface area contributed by atoms with Crippen molar-refractivity contribution in [1.82, 2.24) is 4.90 Å². The SMILES string of the molecule is Cc1ccc(C(=O)C2CC3COCC(C2)N3C(=O)OCC2c3ccccc3-c3ccccc32)cc1F. The highest BCUT2D eigenvalue weighted by Gasteiger charge is 2.45. The van der Waals surface area contributed by atoms with Gasteiger partial charge in [0.15, 0.2) is 5.78 Å². The van der Waals surface area contributed by atoms with Gasteiger partial charge >= 0.3 is 6.09 Å². The van der Waals surface area contributed by atoms with Crippen LogP contribution in [0.1, 0.15) is 45.8 Å². The van der Waals surface area contributed by atoms with Gasteiger partial charge in [-0.15, -0.1) is 0 Å². The summed E-state index contributed by atoms with van der Waals surface area (Å²) in [7, 11) is 0. The molecule has 3 aromatic rings. The number of fused-ring (bicyclic) bond motifs is 5. The van der Waals surface area contributed by atoms with Crippen LogP contribution >= 0.6 is 0 Å². The third-order valence-corrected chi connectivity index (χ3v) is 7.89. The molecule has 184 valence electrons. The van der Waals surface area contributed by atoms with E-state index in [0.29, 0.717) is 37.2 Å². The zero-order chi connectivity index (χ0) is 24.8. The lowest BCUT2D eigenvalue weighted by Crippen LogP contribution is -2.60. The average Bonchev–Trinajstić information content (AvgIpc) is 3.21. The van der Waals surface area contributed by atoms with Crippen LogP contribution in [0.25, 0.3) is 11.1 Å². The minimum atomic E-state index is -0.375. The van der Waals surface area contributed by atoms with E-state index in [0.717, 1.165) is 0 Å². The van der Waals surface area contributed by atoms with Gasteiger partial charge in [0.25, 0.3) is 0 Å². The Labute approximate surface area is 209 Å². The molecule has 3 aromatic carbocycles. The Morgan fingerprint density at radius 2 is 1.56 bits per heavy atom. The number of Topliss-reactive ketones (excluding diaryl/α,β-unsaturated/α-hetero) is 1. The molecule has 2 saturated heterocycles. The van der Waals surface area contributed by atoms with Crippen molar-refractivity contribution in [3.05, 3.63) is 94.8 Å². The number of carbonyl (C=O) groups is 2. The molecule has 0 saturated carbocycles. The van der Waals surface area contributed by atoms with Crippen LogP contribution < -0.4 is 0 Å². The minimum absolute atomic E-state index is 0.00649. The number of nitrogens with zero attached hydrogens (tertiary/aromatic N) is 1. The van der Waals surface area contributed by atoms with Crippen LogP contribution in [0.5, 0.6) is 0 Å². The Morgan fingerprint density at radius 1 is 0.944 bits per heavy atom. The molecule has 0 radical (unpaired) electrons. The van der Waals surface area contributed by atoms with Gasteiger partial charge in [0, 0.05) is 17.4 Å². The highest BCUT2D eigenvalue weighted by Crippen LogP contribution is 2.44. The van der Waals surface area contributed by atoms with Crippen LogP contribution in [-0.4, -0.2) is 48.7 Å². The van der Waals surface area contributed by atoms with Crippen molar-refractivity contribution in [2.24, 2.45) is 5.92 Å². The molecule has 1 aliphatic carbocycles. The Hall–Kier alpha value is -3.51. The first-order valence-electron chi connectivity index (χ1n) is 12.5. The molecule has 2 heterocycles. The second-order valence-electron chi connectivity index (χ2n) is 10.1. The number of hydrogen-bond acceptors (Lipinski definition) is 4. The second kappa shape index (κ2) is 9.17. The summed E-state index contributed by atoms with van der Waals surface area (Å²) < 4.78 is 25.7. The second-order valence-corrected chi connectivity index (χ2v) is 10.1. The monoisotopic (exact) mass is 485 g/mol. The van der Waals surface area contributed by atoms with Crippen molar-refractivity contribution >= 4 is 11.9 Å². The quantitative estimate of drug-likeness (QED) is 0.442. The lowest BCUT2D eigenvalue weighted by atomic mass is 9.80. The first-order valence-corrected chi connectivity index (χ1v) is 12.5. The predicted octanol–water partition coefficient (Wildman–Crippen LogP) is 5.75. The largest absolute Gasteiger partial charge is 0.448 e. The highest BCUT2D eigenvalue weighted by molar-refractivity contribution is 5.98. The Bertz CT molecular complexity index is 1280. The molecule has 5 nitrogen and oxygen atoms in total. The van der Waals surface area contributed by atoms with Crippen molar-refractivity contribution in [2.45, 2.75) is 37.8 Å². The van der Waals surface area contributed by atoms with Crippen LogP contribution in [0, 0.1) is 18.7 Å². The number of benzene rings is 3. The molecule has 0 spiro atoms. The van der Waals surface area contributed by atoms with E-state index in [2.05, 4.69) is 24.3 Å². The van der Waals surface area contributed by atoms with E-state index in [1.54, 1.807) is 24.0 Å². The highest BCUT2D eigenvalue weighted by atomic mass is 19.1. The smallest absolute Gasteiger partial charge is 0.410 e. The fourth-order valence-corrected chi connectivity index (χ4v) is 6.08. The number of halogens is 1. The van der Waals surface area contributed by atoms with E-state index >= 15 is 0 Å². The van der Waals surface area contributed by atoms with Crippen LogP contribution in [0.15, 0.2) is 66.7 Å². The summed E-state index contributed by atoms with van der Waals surface area (Å²) in [5.41, 5.74) is 5.62. The molecule has 2 atom stereocenters. The molecule has 2 unspecified atom stereocenters. The van der Waals surface area contributed by atoms with E-state index in [9.17, 15) is 14.0 Å². The summed E-state index contributed by atoms with van der Waals surface area (Å²) in [6.07, 6.45) is 0.603. The maximum atomic E-state index is 14.1. The van der Waals surface area contributed by atoms with Crippen LogP contribution in [0.2, 0.25) is 0 Å². The van der Waals surface area contributed by atoms with Crippen molar-refractivity contribution in [1.29, 1.82) is 0 Å². The van der Waals surface area contributed by atoms with E-state index < -0.39 is 0 Å². The zero-order valence-corrected chi connectivity index (χ0v) is 20.2. The van der Waals surface area contributed by atoms with E-state index in [4.69, 9.17) is 9.47 Å². The standard InChI is InChI=1S/C30H28FNO4/c1-18-10-11-19(14-28(18)31)29(33)20-12-21-15-35-16-22(13-20)32(21)30(34)36-17-27-25-8-4-2-6-23(25)24-7-3-5-9-26(24)27/h2-11,14,20-22,27H,12-13,15-17H2,1H3. The van der Waals surface area contributed by atoms with Crippen molar-refractivity contribution < 1.29 is 23.5 Å². The molecule has 36 heavy (non-hydrogen) atoms. The number of hydrogen-bond donors (Lipinski definition) is 0. The zero-order valence-electron chi connectivity index (χ0n) is 20.2. The van der Waals surface area contributed by atoms with Gasteiger partial charge in [-0.05, 0) is 53.6 Å². The molecule has 2 aliphatic heterocycles. The summed E-state index contributed by atoms with van der Waals surface area (Å²) in [4.78, 5) is 28.3. The lowest BCUT2D eigenvalue weighted by Gasteiger charge is -2.47. The molecule has 1 amide bonds. The number of ketones is 1. The van der Waals surface area contributed by atoms with Gasteiger partial charge in [-0.25, -0.2) is 9.18 Å². The van der Waals surface area contributed by atoms with E-state index in [1.165, 1.54) is 28.3 Å². The van der Waals surface area contributed by atoms with Crippen molar-refractivity contribution in [3.8, 4) is 11.1 Å². The number of aryl methyl sites for hydroxylation is 1. The van der Waals surface area contributed by atoms with Gasteiger partial charge in [-0.2, -0.15) is 0 Å². The number of amides is 1. The van der Waals surface area contributed by atoms with Gasteiger partial charge in [0.1, 0.15) is 12.4 Å². The summed E-state index contributed by atoms with van der Waals surface area (Å²) in [5, 5.41) is 0. The topological polar surface area (TPSA) is 55.8 Å². The molecule has 0 aromatic heterocycles. The van der Waals surface area contributed by atoms with Crippen molar-refractivity contribution in [2.75, 3.05) is 19.8 Å². The van der Waals surface area contributed by atoms with Gasteiger partial charge in [0.2, 0.25) is 0 Å². The summed E-state index contributed by atoms with van der Waals surface area (Å²) in [5.74, 6) is -0.727. The number of morpholine rings is 1. The fourth-order valence-electron chi connectivity index (χ4n) is 6.08. The van der Waals surface area contributed by atoms with Crippen molar-refractivity contribution in [3.63, 3.8) is 0 Å². The molecule has 6 heteroatoms. The van der Waals surface area contributed by atoms with Gasteiger partial charge in [-0.3, -0.25) is 9.69 Å². The van der Waals surface area contributed by atoms with E-state index in [1.807, 2.05) is 24.3 Å². The molecular weight excluding hydrogens is 457 g/mol. The third kappa shape index (κ3) is 3.90. The molecule has 3 aliphatic rings. The first kappa shape index (κ1) is 22.9. The van der Waals surface area contributed by atoms with Crippen LogP contribution in [0.4, 0.5) is 9.18 Å². The van der Waals surface area contributed by atoms with Gasteiger partial charge in [0.05, 0.1) is 25.3 Å². The van der Waals surface area contributed by atoms with Crippen LogP contribution in [0.3, 0.4) is 0 Å². The van der Waals surface area contributed by atoms with Gasteiger partial charge < -0.3 is 9.47 Å². The average molecular weight is 486 g/mol. The Kier molecular flexibility index (Phi) is 5.84. The molecular formula is C30H28FNO4. The number of rotatable bonds is 4. The molecule has 0 N–H and O–H groups in total. The first-order chi connectivity index (χ1) is 17.5. The fraction of sp³-hybridized carbons (Fsp3) is 0.333. The third-order valence-electron chi connectivity index (χ3n) is 7.89. The number of piperidine rings is 1. The van der Waals surface area contributed by atoms with Crippen LogP contribution in [-0.2, 0) is 9.47 Å². The Morgan fingerprint density at radius 3 is 2.17 bits per heavy atom. The number of carbonyl (C=O) groups excluding carboxylic acids is 2.